The van der Waals surface area contributed by atoms with Crippen LogP contribution < -0.4 is 4.90 Å². The van der Waals surface area contributed by atoms with E-state index in [0.29, 0.717) is 6.54 Å². The molecule has 1 aromatic carbocycles. The number of hydrogen-bond donors (Lipinski definition) is 1. The summed E-state index contributed by atoms with van der Waals surface area (Å²) >= 11 is 0. The molecule has 2 heterocycles. The molecular formula is C22H35N3O2. The zero-order chi connectivity index (χ0) is 19.2. The second-order valence-electron chi connectivity index (χ2n) is 8.31. The standard InChI is InChI=1S/C22H35N3O2/c1-18(26)17-24-10-7-20(8-11-24)6-9-23-12-14-25(15-13-23)22-5-3-4-21(16-22)19(2)27/h3-5,16,19-20,27H,6-15,17H2,1-2H3. The fourth-order valence-electron chi connectivity index (χ4n) is 4.32. The highest BCUT2D eigenvalue weighted by molar-refractivity contribution is 5.77. The lowest BCUT2D eigenvalue weighted by molar-refractivity contribution is -0.118. The second-order valence-corrected chi connectivity index (χ2v) is 8.31. The molecule has 0 aliphatic carbocycles. The Balaban J connectivity index is 1.38. The number of nitrogens with zero attached hydrogens (tertiary/aromatic N) is 3. The van der Waals surface area contributed by atoms with Crippen LogP contribution in [0, 0.1) is 5.92 Å². The smallest absolute Gasteiger partial charge is 0.143 e. The Morgan fingerprint density at radius 1 is 1.11 bits per heavy atom. The third kappa shape index (κ3) is 6.03. The van der Waals surface area contributed by atoms with Gasteiger partial charge in [0.15, 0.2) is 0 Å². The molecule has 27 heavy (non-hydrogen) atoms. The van der Waals surface area contributed by atoms with Crippen molar-refractivity contribution >= 4 is 11.5 Å². The Bertz CT molecular complexity index is 603. The number of rotatable bonds is 7. The number of likely N-dealkylation sites (tertiary alicyclic amines) is 1. The van der Waals surface area contributed by atoms with Gasteiger partial charge in [-0.3, -0.25) is 14.6 Å². The first-order valence-corrected chi connectivity index (χ1v) is 10.5. The Hall–Kier alpha value is -1.43. The van der Waals surface area contributed by atoms with E-state index in [2.05, 4.69) is 26.8 Å². The van der Waals surface area contributed by atoms with Crippen molar-refractivity contribution in [3.8, 4) is 0 Å². The van der Waals surface area contributed by atoms with Crippen molar-refractivity contribution < 1.29 is 9.90 Å². The highest BCUT2D eigenvalue weighted by Crippen LogP contribution is 2.23. The quantitative estimate of drug-likeness (QED) is 0.796. The van der Waals surface area contributed by atoms with E-state index in [4.69, 9.17) is 0 Å². The van der Waals surface area contributed by atoms with E-state index in [1.165, 1.54) is 31.5 Å². The average molecular weight is 374 g/mol. The van der Waals surface area contributed by atoms with Crippen molar-refractivity contribution in [3.63, 3.8) is 0 Å². The van der Waals surface area contributed by atoms with Crippen LogP contribution in [0.25, 0.3) is 0 Å². The number of anilines is 1. The van der Waals surface area contributed by atoms with E-state index in [-0.39, 0.29) is 5.78 Å². The lowest BCUT2D eigenvalue weighted by Crippen LogP contribution is -2.47. The second kappa shape index (κ2) is 9.67. The van der Waals surface area contributed by atoms with Crippen molar-refractivity contribution in [3.05, 3.63) is 29.8 Å². The minimum absolute atomic E-state index is 0.283. The third-order valence-corrected chi connectivity index (χ3v) is 6.10. The van der Waals surface area contributed by atoms with E-state index in [1.807, 2.05) is 19.1 Å². The molecule has 0 bridgehead atoms. The zero-order valence-electron chi connectivity index (χ0n) is 16.9. The van der Waals surface area contributed by atoms with Crippen LogP contribution in [0.1, 0.15) is 44.8 Å². The van der Waals surface area contributed by atoms with Gasteiger partial charge in [-0.05, 0) is 76.4 Å². The Morgan fingerprint density at radius 3 is 2.44 bits per heavy atom. The molecule has 0 saturated carbocycles. The Kier molecular flexibility index (Phi) is 7.27. The van der Waals surface area contributed by atoms with Gasteiger partial charge in [0, 0.05) is 31.9 Å². The number of carbonyl (C=O) groups is 1. The predicted octanol–water partition coefficient (Wildman–Crippen LogP) is 2.55. The van der Waals surface area contributed by atoms with E-state index in [0.717, 1.165) is 50.7 Å². The molecule has 1 atom stereocenters. The van der Waals surface area contributed by atoms with Gasteiger partial charge in [0.25, 0.3) is 0 Å². The first-order chi connectivity index (χ1) is 13.0. The van der Waals surface area contributed by atoms with Gasteiger partial charge in [0.05, 0.1) is 12.6 Å². The van der Waals surface area contributed by atoms with Gasteiger partial charge in [-0.15, -0.1) is 0 Å². The number of aliphatic hydroxyl groups excluding tert-OH is 1. The number of carbonyl (C=O) groups excluding carboxylic acids is 1. The van der Waals surface area contributed by atoms with Crippen molar-refractivity contribution in [1.82, 2.24) is 9.80 Å². The van der Waals surface area contributed by atoms with Crippen molar-refractivity contribution in [2.24, 2.45) is 5.92 Å². The number of piperazine rings is 1. The molecule has 1 aromatic rings. The molecule has 5 nitrogen and oxygen atoms in total. The van der Waals surface area contributed by atoms with Crippen molar-refractivity contribution in [1.29, 1.82) is 0 Å². The van der Waals surface area contributed by atoms with Crippen LogP contribution >= 0.6 is 0 Å². The summed E-state index contributed by atoms with van der Waals surface area (Å²) in [6.45, 7) is 11.8. The van der Waals surface area contributed by atoms with Gasteiger partial charge in [-0.25, -0.2) is 0 Å². The predicted molar refractivity (Wildman–Crippen MR) is 110 cm³/mol. The topological polar surface area (TPSA) is 47.0 Å². The molecule has 2 aliphatic heterocycles. The van der Waals surface area contributed by atoms with E-state index < -0.39 is 6.10 Å². The van der Waals surface area contributed by atoms with Gasteiger partial charge in [0.2, 0.25) is 0 Å². The fourth-order valence-corrected chi connectivity index (χ4v) is 4.32. The number of hydrogen-bond acceptors (Lipinski definition) is 5. The highest BCUT2D eigenvalue weighted by atomic mass is 16.3. The van der Waals surface area contributed by atoms with Crippen LogP contribution in [0.3, 0.4) is 0 Å². The van der Waals surface area contributed by atoms with Crippen LogP contribution in [-0.4, -0.2) is 73.0 Å². The van der Waals surface area contributed by atoms with Crippen LogP contribution in [0.15, 0.2) is 24.3 Å². The van der Waals surface area contributed by atoms with Gasteiger partial charge < -0.3 is 10.0 Å². The summed E-state index contributed by atoms with van der Waals surface area (Å²) in [7, 11) is 0. The maximum absolute atomic E-state index is 11.2. The number of ketones is 1. The first-order valence-electron chi connectivity index (χ1n) is 10.5. The molecule has 1 N–H and O–H groups in total. The van der Waals surface area contributed by atoms with Crippen LogP contribution in [0.4, 0.5) is 5.69 Å². The fraction of sp³-hybridized carbons (Fsp3) is 0.682. The lowest BCUT2D eigenvalue weighted by atomic mass is 9.93. The van der Waals surface area contributed by atoms with E-state index >= 15 is 0 Å². The molecule has 0 radical (unpaired) electrons. The Morgan fingerprint density at radius 2 is 1.81 bits per heavy atom. The van der Waals surface area contributed by atoms with E-state index in [1.54, 1.807) is 6.92 Å². The monoisotopic (exact) mass is 373 g/mol. The summed E-state index contributed by atoms with van der Waals surface area (Å²) in [5.41, 5.74) is 2.22. The maximum atomic E-state index is 11.2. The number of Topliss-reactive ketones (excluding diaryl/α,β-unsaturated/α-hetero) is 1. The molecule has 0 spiro atoms. The number of piperidine rings is 1. The number of aliphatic hydroxyl groups is 1. The average Bonchev–Trinajstić information content (AvgIpc) is 2.67. The first kappa shape index (κ1) is 20.3. The Labute approximate surface area is 163 Å². The van der Waals surface area contributed by atoms with Crippen molar-refractivity contribution in [2.75, 3.05) is 57.3 Å². The molecule has 1 unspecified atom stereocenters. The maximum Gasteiger partial charge on any atom is 0.143 e. The zero-order valence-corrected chi connectivity index (χ0v) is 16.9. The third-order valence-electron chi connectivity index (χ3n) is 6.10. The SMILES string of the molecule is CC(=O)CN1CCC(CCN2CCN(c3cccc(C(C)O)c3)CC2)CC1. The minimum atomic E-state index is -0.409. The van der Waals surface area contributed by atoms with Crippen LogP contribution in [0.2, 0.25) is 0 Å². The summed E-state index contributed by atoms with van der Waals surface area (Å²) < 4.78 is 0. The van der Waals surface area contributed by atoms with Gasteiger partial charge in [-0.1, -0.05) is 12.1 Å². The van der Waals surface area contributed by atoms with Gasteiger partial charge in [-0.2, -0.15) is 0 Å². The summed E-state index contributed by atoms with van der Waals surface area (Å²) in [6.07, 6.45) is 3.34. The largest absolute Gasteiger partial charge is 0.389 e. The summed E-state index contributed by atoms with van der Waals surface area (Å²) in [5.74, 6) is 1.10. The highest BCUT2D eigenvalue weighted by Gasteiger charge is 2.22. The normalized spacial score (nSPS) is 21.4. The van der Waals surface area contributed by atoms with Crippen molar-refractivity contribution in [2.45, 2.75) is 39.2 Å². The summed E-state index contributed by atoms with van der Waals surface area (Å²) in [4.78, 5) is 18.6. The molecule has 3 rings (SSSR count). The molecule has 150 valence electrons. The minimum Gasteiger partial charge on any atom is -0.389 e. The van der Waals surface area contributed by atoms with Crippen LogP contribution in [-0.2, 0) is 4.79 Å². The molecule has 2 fully saturated rings. The van der Waals surface area contributed by atoms with Gasteiger partial charge >= 0.3 is 0 Å². The molecular weight excluding hydrogens is 338 g/mol. The molecule has 2 saturated heterocycles. The number of benzene rings is 1. The van der Waals surface area contributed by atoms with Crippen LogP contribution in [0.5, 0.6) is 0 Å². The van der Waals surface area contributed by atoms with E-state index in [9.17, 15) is 9.90 Å². The molecule has 2 aliphatic rings. The summed E-state index contributed by atoms with van der Waals surface area (Å²) in [6, 6.07) is 8.31. The molecule has 5 heteroatoms. The molecule has 0 amide bonds. The molecule has 0 aromatic heterocycles. The summed E-state index contributed by atoms with van der Waals surface area (Å²) in [5, 5.41) is 9.80. The van der Waals surface area contributed by atoms with Gasteiger partial charge in [0.1, 0.15) is 5.78 Å². The lowest BCUT2D eigenvalue weighted by Gasteiger charge is -2.37.